The van der Waals surface area contributed by atoms with Crippen molar-refractivity contribution in [3.8, 4) is 12.3 Å². The summed E-state index contributed by atoms with van der Waals surface area (Å²) in [6, 6.07) is 0.975. The molecule has 1 N–H and O–H groups in total. The SMILES string of the molecule is C#CC(CCC)NC1CCCCC1CC. The highest BCUT2D eigenvalue weighted by atomic mass is 15.0. The summed E-state index contributed by atoms with van der Waals surface area (Å²) in [5.41, 5.74) is 0. The Morgan fingerprint density at radius 1 is 1.33 bits per heavy atom. The lowest BCUT2D eigenvalue weighted by Crippen LogP contribution is -2.43. The van der Waals surface area contributed by atoms with Gasteiger partial charge in [-0.3, -0.25) is 0 Å². The molecule has 0 heterocycles. The van der Waals surface area contributed by atoms with Gasteiger partial charge in [0.1, 0.15) is 0 Å². The topological polar surface area (TPSA) is 12.0 Å². The lowest BCUT2D eigenvalue weighted by Gasteiger charge is -2.33. The fourth-order valence-electron chi connectivity index (χ4n) is 2.68. The summed E-state index contributed by atoms with van der Waals surface area (Å²) in [4.78, 5) is 0. The quantitative estimate of drug-likeness (QED) is 0.682. The van der Waals surface area contributed by atoms with Crippen LogP contribution in [0.1, 0.15) is 58.8 Å². The molecule has 0 aromatic heterocycles. The van der Waals surface area contributed by atoms with Crippen molar-refractivity contribution in [1.29, 1.82) is 0 Å². The molecule has 0 saturated heterocycles. The van der Waals surface area contributed by atoms with Crippen molar-refractivity contribution in [2.75, 3.05) is 0 Å². The van der Waals surface area contributed by atoms with Crippen LogP contribution in [0.3, 0.4) is 0 Å². The standard InChI is InChI=1S/C14H25N/c1-4-9-13(6-3)15-14-11-8-7-10-12(14)5-2/h3,12-15H,4-5,7-11H2,1-2H3. The minimum absolute atomic E-state index is 0.298. The average Bonchev–Trinajstić information content (AvgIpc) is 2.29. The van der Waals surface area contributed by atoms with Gasteiger partial charge in [0, 0.05) is 6.04 Å². The lowest BCUT2D eigenvalue weighted by molar-refractivity contribution is 0.244. The molecule has 0 aromatic rings. The lowest BCUT2D eigenvalue weighted by atomic mass is 9.82. The van der Waals surface area contributed by atoms with Crippen LogP contribution in [0.15, 0.2) is 0 Å². The van der Waals surface area contributed by atoms with Gasteiger partial charge >= 0.3 is 0 Å². The Kier molecular flexibility index (Phi) is 5.79. The molecular formula is C14H25N. The van der Waals surface area contributed by atoms with Crippen molar-refractivity contribution in [2.45, 2.75) is 70.9 Å². The highest BCUT2D eigenvalue weighted by molar-refractivity contribution is 5.00. The molecule has 3 unspecified atom stereocenters. The van der Waals surface area contributed by atoms with E-state index in [1.54, 1.807) is 0 Å². The van der Waals surface area contributed by atoms with Crippen LogP contribution in [0, 0.1) is 18.3 Å². The van der Waals surface area contributed by atoms with Gasteiger partial charge in [0.05, 0.1) is 6.04 Å². The van der Waals surface area contributed by atoms with E-state index in [4.69, 9.17) is 6.42 Å². The van der Waals surface area contributed by atoms with Gasteiger partial charge in [-0.25, -0.2) is 0 Å². The molecular weight excluding hydrogens is 182 g/mol. The molecule has 0 amide bonds. The van der Waals surface area contributed by atoms with E-state index in [9.17, 15) is 0 Å². The maximum absolute atomic E-state index is 5.55. The summed E-state index contributed by atoms with van der Waals surface area (Å²) in [7, 11) is 0. The first-order chi connectivity index (χ1) is 7.31. The fraction of sp³-hybridized carbons (Fsp3) is 0.857. The molecule has 1 nitrogen and oxygen atoms in total. The zero-order chi connectivity index (χ0) is 11.1. The van der Waals surface area contributed by atoms with Crippen LogP contribution in [0.4, 0.5) is 0 Å². The van der Waals surface area contributed by atoms with Gasteiger partial charge in [-0.05, 0) is 25.2 Å². The summed E-state index contributed by atoms with van der Waals surface area (Å²) < 4.78 is 0. The number of rotatable bonds is 5. The average molecular weight is 207 g/mol. The van der Waals surface area contributed by atoms with Crippen LogP contribution in [0.5, 0.6) is 0 Å². The monoisotopic (exact) mass is 207 g/mol. The molecule has 0 radical (unpaired) electrons. The molecule has 0 aliphatic heterocycles. The van der Waals surface area contributed by atoms with Crippen LogP contribution in [-0.2, 0) is 0 Å². The molecule has 1 rings (SSSR count). The maximum Gasteiger partial charge on any atom is 0.0689 e. The number of hydrogen-bond donors (Lipinski definition) is 1. The Morgan fingerprint density at radius 2 is 2.07 bits per heavy atom. The number of terminal acetylenes is 1. The van der Waals surface area contributed by atoms with Gasteiger partial charge in [-0.1, -0.05) is 45.5 Å². The first-order valence-electron chi connectivity index (χ1n) is 6.54. The first-order valence-corrected chi connectivity index (χ1v) is 6.54. The van der Waals surface area contributed by atoms with Crippen molar-refractivity contribution in [2.24, 2.45) is 5.92 Å². The van der Waals surface area contributed by atoms with Crippen molar-refractivity contribution in [1.82, 2.24) is 5.32 Å². The minimum Gasteiger partial charge on any atom is -0.301 e. The van der Waals surface area contributed by atoms with Crippen LogP contribution >= 0.6 is 0 Å². The van der Waals surface area contributed by atoms with Crippen LogP contribution in [-0.4, -0.2) is 12.1 Å². The third kappa shape index (κ3) is 3.87. The van der Waals surface area contributed by atoms with Crippen LogP contribution < -0.4 is 5.32 Å². The number of nitrogens with one attached hydrogen (secondary N) is 1. The van der Waals surface area contributed by atoms with E-state index < -0.39 is 0 Å². The molecule has 3 atom stereocenters. The van der Waals surface area contributed by atoms with Gasteiger partial charge in [-0.15, -0.1) is 6.42 Å². The van der Waals surface area contributed by atoms with E-state index in [0.29, 0.717) is 12.1 Å². The highest BCUT2D eigenvalue weighted by Crippen LogP contribution is 2.27. The normalized spacial score (nSPS) is 28.3. The van der Waals surface area contributed by atoms with E-state index in [-0.39, 0.29) is 0 Å². The van der Waals surface area contributed by atoms with E-state index >= 15 is 0 Å². The molecule has 86 valence electrons. The molecule has 0 bridgehead atoms. The molecule has 1 aliphatic rings. The first kappa shape index (κ1) is 12.6. The maximum atomic E-state index is 5.55. The summed E-state index contributed by atoms with van der Waals surface area (Å²) in [5.74, 6) is 3.74. The van der Waals surface area contributed by atoms with Crippen LogP contribution in [0.25, 0.3) is 0 Å². The summed E-state index contributed by atoms with van der Waals surface area (Å²) in [6.07, 6.45) is 14.6. The zero-order valence-electron chi connectivity index (χ0n) is 10.3. The van der Waals surface area contributed by atoms with Crippen LogP contribution in [0.2, 0.25) is 0 Å². The summed E-state index contributed by atoms with van der Waals surface area (Å²) in [5, 5.41) is 3.67. The fourth-order valence-corrected chi connectivity index (χ4v) is 2.68. The van der Waals surface area contributed by atoms with E-state index in [0.717, 1.165) is 12.3 Å². The highest BCUT2D eigenvalue weighted by Gasteiger charge is 2.24. The Labute approximate surface area is 95.0 Å². The van der Waals surface area contributed by atoms with Gasteiger partial charge < -0.3 is 5.32 Å². The molecule has 0 aromatic carbocycles. The number of hydrogen-bond acceptors (Lipinski definition) is 1. The van der Waals surface area contributed by atoms with Crippen molar-refractivity contribution >= 4 is 0 Å². The van der Waals surface area contributed by atoms with Gasteiger partial charge in [0.15, 0.2) is 0 Å². The second kappa shape index (κ2) is 6.90. The third-order valence-corrected chi connectivity index (χ3v) is 3.63. The molecule has 0 spiro atoms. The van der Waals surface area contributed by atoms with E-state index in [2.05, 4.69) is 25.1 Å². The Balaban J connectivity index is 2.43. The van der Waals surface area contributed by atoms with E-state index in [1.165, 1.54) is 38.5 Å². The predicted molar refractivity (Wildman–Crippen MR) is 66.7 cm³/mol. The van der Waals surface area contributed by atoms with Gasteiger partial charge in [0.25, 0.3) is 0 Å². The Hall–Kier alpha value is -0.480. The molecule has 1 saturated carbocycles. The second-order valence-corrected chi connectivity index (χ2v) is 4.73. The minimum atomic E-state index is 0.298. The predicted octanol–water partition coefficient (Wildman–Crippen LogP) is 3.35. The van der Waals surface area contributed by atoms with Crippen molar-refractivity contribution in [3.05, 3.63) is 0 Å². The molecule has 15 heavy (non-hydrogen) atoms. The summed E-state index contributed by atoms with van der Waals surface area (Å²) >= 11 is 0. The van der Waals surface area contributed by atoms with Gasteiger partial charge in [-0.2, -0.15) is 0 Å². The zero-order valence-corrected chi connectivity index (χ0v) is 10.3. The van der Waals surface area contributed by atoms with E-state index in [1.807, 2.05) is 0 Å². The summed E-state index contributed by atoms with van der Waals surface area (Å²) in [6.45, 7) is 4.50. The second-order valence-electron chi connectivity index (χ2n) is 4.73. The van der Waals surface area contributed by atoms with Gasteiger partial charge in [0.2, 0.25) is 0 Å². The third-order valence-electron chi connectivity index (χ3n) is 3.63. The molecule has 1 heteroatoms. The van der Waals surface area contributed by atoms with Crippen molar-refractivity contribution in [3.63, 3.8) is 0 Å². The molecule has 1 aliphatic carbocycles. The Bertz CT molecular complexity index is 204. The largest absolute Gasteiger partial charge is 0.301 e. The molecule has 1 fully saturated rings. The van der Waals surface area contributed by atoms with Crippen molar-refractivity contribution < 1.29 is 0 Å². The Morgan fingerprint density at radius 3 is 2.67 bits per heavy atom. The smallest absolute Gasteiger partial charge is 0.0689 e.